The van der Waals surface area contributed by atoms with Crippen LogP contribution in [-0.4, -0.2) is 47.2 Å². The van der Waals surface area contributed by atoms with Gasteiger partial charge in [0, 0.05) is 36.7 Å². The molecule has 3 heterocycles. The van der Waals surface area contributed by atoms with Crippen LogP contribution in [-0.2, 0) is 32.7 Å². The maximum absolute atomic E-state index is 12.5. The number of hydrogen-bond donors (Lipinski definition) is 2. The van der Waals surface area contributed by atoms with Gasteiger partial charge in [0.2, 0.25) is 11.8 Å². The number of hydrogen-bond acceptors (Lipinski definition) is 6. The molecule has 0 atom stereocenters. The lowest BCUT2D eigenvalue weighted by molar-refractivity contribution is -0.125. The van der Waals surface area contributed by atoms with Crippen molar-refractivity contribution in [3.05, 3.63) is 94.9 Å². The Hall–Kier alpha value is -4.32. The molecule has 2 amide bonds. The van der Waals surface area contributed by atoms with E-state index < -0.39 is 10.1 Å². The Bertz CT molecular complexity index is 1660. The van der Waals surface area contributed by atoms with Gasteiger partial charge in [-0.2, -0.15) is 8.42 Å². The SMILES string of the molecule is Cc1c(CN(C)C(=O)C=Cc2cnc3c(c2)CCC(=O)N3)oc2ccccc12.Cc1ccc(S(=O)(=O)O)cc1.O. The molecule has 210 valence electrons. The summed E-state index contributed by atoms with van der Waals surface area (Å²) in [6.07, 6.45) is 6.05. The van der Waals surface area contributed by atoms with Crippen LogP contribution in [0.3, 0.4) is 0 Å². The molecule has 0 saturated heterocycles. The number of aromatic nitrogens is 1. The normalized spacial score (nSPS) is 12.7. The smallest absolute Gasteiger partial charge is 0.294 e. The van der Waals surface area contributed by atoms with Gasteiger partial charge in [-0.3, -0.25) is 14.1 Å². The lowest BCUT2D eigenvalue weighted by Crippen LogP contribution is -2.24. The number of carbonyl (C=O) groups is 2. The van der Waals surface area contributed by atoms with Crippen molar-refractivity contribution in [2.24, 2.45) is 0 Å². The van der Waals surface area contributed by atoms with E-state index in [0.29, 0.717) is 25.2 Å². The molecule has 0 saturated carbocycles. The number of nitrogens with one attached hydrogen (secondary N) is 1. The highest BCUT2D eigenvalue weighted by Crippen LogP contribution is 2.26. The average molecular weight is 566 g/mol. The first kappa shape index (κ1) is 30.2. The number of nitrogens with zero attached hydrogens (tertiary/aromatic N) is 2. The van der Waals surface area contributed by atoms with E-state index in [4.69, 9.17) is 8.97 Å². The summed E-state index contributed by atoms with van der Waals surface area (Å²) in [6.45, 7) is 4.25. The fourth-order valence-electron chi connectivity index (χ4n) is 4.04. The summed E-state index contributed by atoms with van der Waals surface area (Å²) in [5, 5.41) is 3.82. The van der Waals surface area contributed by atoms with Crippen molar-refractivity contribution in [1.82, 2.24) is 9.88 Å². The molecule has 4 N–H and O–H groups in total. The summed E-state index contributed by atoms with van der Waals surface area (Å²) < 4.78 is 35.4. The molecule has 0 bridgehead atoms. The van der Waals surface area contributed by atoms with Crippen LogP contribution >= 0.6 is 0 Å². The molecule has 4 aromatic rings. The maximum Gasteiger partial charge on any atom is 0.294 e. The second kappa shape index (κ2) is 12.7. The van der Waals surface area contributed by atoms with Crippen molar-refractivity contribution in [3.8, 4) is 0 Å². The summed E-state index contributed by atoms with van der Waals surface area (Å²) in [5.41, 5.74) is 4.66. The Morgan fingerprint density at radius 3 is 2.50 bits per heavy atom. The predicted octanol–water partition coefficient (Wildman–Crippen LogP) is 4.11. The molecule has 0 fully saturated rings. The molecule has 2 aromatic carbocycles. The largest absolute Gasteiger partial charge is 0.459 e. The molecule has 1 aliphatic heterocycles. The summed E-state index contributed by atoms with van der Waals surface area (Å²) >= 11 is 0. The van der Waals surface area contributed by atoms with Gasteiger partial charge in [0.15, 0.2) is 0 Å². The van der Waals surface area contributed by atoms with Crippen LogP contribution in [0.25, 0.3) is 17.0 Å². The van der Waals surface area contributed by atoms with E-state index in [0.717, 1.165) is 39.0 Å². The Morgan fingerprint density at radius 1 is 1.12 bits per heavy atom. The summed E-state index contributed by atoms with van der Waals surface area (Å²) in [7, 11) is -2.27. The van der Waals surface area contributed by atoms with Crippen LogP contribution in [0.1, 0.15) is 34.4 Å². The van der Waals surface area contributed by atoms with E-state index in [2.05, 4.69) is 10.3 Å². The molecule has 0 radical (unpaired) electrons. The fourth-order valence-corrected chi connectivity index (χ4v) is 4.52. The molecular weight excluding hydrogens is 534 g/mol. The van der Waals surface area contributed by atoms with Gasteiger partial charge in [-0.25, -0.2) is 4.98 Å². The summed E-state index contributed by atoms with van der Waals surface area (Å²) in [5.74, 6) is 1.26. The highest BCUT2D eigenvalue weighted by Gasteiger charge is 2.16. The van der Waals surface area contributed by atoms with Crippen LogP contribution in [0.5, 0.6) is 0 Å². The van der Waals surface area contributed by atoms with Gasteiger partial charge in [-0.15, -0.1) is 0 Å². The van der Waals surface area contributed by atoms with Crippen molar-refractivity contribution < 1.29 is 32.5 Å². The van der Waals surface area contributed by atoms with Crippen LogP contribution in [0.15, 0.2) is 76.2 Å². The number of pyridine rings is 1. The standard InChI is InChI=1S/C22H21N3O3.C7H8O3S.H2O/c1-14-17-5-3-4-6-18(17)28-19(14)13-25(2)21(27)10-7-15-11-16-8-9-20(26)24-22(16)23-12-15;1-6-2-4-7(5-3-6)11(8,9)10;/h3-7,10-12H,8-9,13H2,1-2H3,(H,23,24,26);2-5H,1H3,(H,8,9,10);1H2. The molecular formula is C29H31N3O7S. The zero-order valence-corrected chi connectivity index (χ0v) is 23.2. The van der Waals surface area contributed by atoms with E-state index in [1.165, 1.54) is 18.2 Å². The minimum absolute atomic E-state index is 0. The zero-order valence-electron chi connectivity index (χ0n) is 22.3. The maximum atomic E-state index is 12.5. The minimum Gasteiger partial charge on any atom is -0.459 e. The number of rotatable bonds is 5. The predicted molar refractivity (Wildman–Crippen MR) is 152 cm³/mol. The van der Waals surface area contributed by atoms with Gasteiger partial charge in [0.1, 0.15) is 17.2 Å². The second-order valence-electron chi connectivity index (χ2n) is 9.29. The third kappa shape index (κ3) is 7.41. The molecule has 11 heteroatoms. The number of carbonyl (C=O) groups excluding carboxylic acids is 2. The van der Waals surface area contributed by atoms with Gasteiger partial charge in [-0.05, 0) is 61.7 Å². The number of anilines is 1. The fraction of sp³-hybridized carbons (Fsp3) is 0.207. The molecule has 0 unspecified atom stereocenters. The lowest BCUT2D eigenvalue weighted by atomic mass is 10.0. The van der Waals surface area contributed by atoms with Gasteiger partial charge in [0.25, 0.3) is 10.1 Å². The van der Waals surface area contributed by atoms with Gasteiger partial charge in [0.05, 0.1) is 11.4 Å². The average Bonchev–Trinajstić information content (AvgIpc) is 3.22. The van der Waals surface area contributed by atoms with Crippen molar-refractivity contribution >= 4 is 44.8 Å². The minimum atomic E-state index is -4.02. The van der Waals surface area contributed by atoms with E-state index >= 15 is 0 Å². The van der Waals surface area contributed by atoms with Gasteiger partial charge < -0.3 is 20.1 Å². The Labute approximate surface area is 232 Å². The van der Waals surface area contributed by atoms with Crippen molar-refractivity contribution in [3.63, 3.8) is 0 Å². The first-order valence-corrected chi connectivity index (χ1v) is 13.7. The number of likely N-dealkylation sites (N-methyl/N-ethyl adjacent to an activating group) is 1. The second-order valence-corrected chi connectivity index (χ2v) is 10.7. The zero-order chi connectivity index (χ0) is 28.2. The molecule has 40 heavy (non-hydrogen) atoms. The number of amides is 2. The van der Waals surface area contributed by atoms with Crippen molar-refractivity contribution in [2.45, 2.75) is 38.1 Å². The van der Waals surface area contributed by atoms with Crippen LogP contribution in [0.2, 0.25) is 0 Å². The Balaban J connectivity index is 0.000000311. The third-order valence-corrected chi connectivity index (χ3v) is 7.17. The number of para-hydroxylation sites is 1. The van der Waals surface area contributed by atoms with Crippen molar-refractivity contribution in [2.75, 3.05) is 12.4 Å². The highest BCUT2D eigenvalue weighted by atomic mass is 32.2. The summed E-state index contributed by atoms with van der Waals surface area (Å²) in [6, 6.07) is 15.8. The molecule has 1 aliphatic rings. The van der Waals surface area contributed by atoms with Crippen LogP contribution < -0.4 is 5.32 Å². The van der Waals surface area contributed by atoms with E-state index in [9.17, 15) is 18.0 Å². The first-order chi connectivity index (χ1) is 18.5. The van der Waals surface area contributed by atoms with E-state index in [-0.39, 0.29) is 22.2 Å². The van der Waals surface area contributed by atoms with Gasteiger partial charge >= 0.3 is 0 Å². The van der Waals surface area contributed by atoms with Crippen LogP contribution in [0, 0.1) is 13.8 Å². The quantitative estimate of drug-likeness (QED) is 0.272. The number of benzene rings is 2. The third-order valence-electron chi connectivity index (χ3n) is 6.30. The van der Waals surface area contributed by atoms with E-state index in [1.807, 2.05) is 44.2 Å². The topological polar surface area (TPSA) is 161 Å². The van der Waals surface area contributed by atoms with Crippen molar-refractivity contribution in [1.29, 1.82) is 0 Å². The van der Waals surface area contributed by atoms with E-state index in [1.54, 1.807) is 36.4 Å². The lowest BCUT2D eigenvalue weighted by Gasteiger charge is -2.16. The number of furan rings is 1. The number of fused-ring (bicyclic) bond motifs is 2. The highest BCUT2D eigenvalue weighted by molar-refractivity contribution is 7.85. The Morgan fingerprint density at radius 2 is 1.82 bits per heavy atom. The molecule has 5 rings (SSSR count). The first-order valence-electron chi connectivity index (χ1n) is 12.2. The van der Waals surface area contributed by atoms with Crippen LogP contribution in [0.4, 0.5) is 5.82 Å². The number of aryl methyl sites for hydroxylation is 3. The Kier molecular flexibility index (Phi) is 9.59. The monoisotopic (exact) mass is 565 g/mol. The molecule has 2 aromatic heterocycles. The summed E-state index contributed by atoms with van der Waals surface area (Å²) in [4.78, 5) is 29.7. The molecule has 0 aliphatic carbocycles. The van der Waals surface area contributed by atoms with Gasteiger partial charge in [-0.1, -0.05) is 35.9 Å². The molecule has 0 spiro atoms. The molecule has 10 nitrogen and oxygen atoms in total.